The van der Waals surface area contributed by atoms with Gasteiger partial charge in [0.2, 0.25) is 5.95 Å². The van der Waals surface area contributed by atoms with Crippen LogP contribution < -0.4 is 10.2 Å². The molecular weight excluding hydrogens is 214 g/mol. The Balaban J connectivity index is 1.72. The summed E-state index contributed by atoms with van der Waals surface area (Å²) in [5.41, 5.74) is 0.410. The topological polar surface area (TPSA) is 56.8 Å². The number of hydrogen-bond donors (Lipinski definition) is 2. The van der Waals surface area contributed by atoms with Crippen LogP contribution in [0.25, 0.3) is 0 Å². The highest BCUT2D eigenvalue weighted by atomic mass is 15.4. The summed E-state index contributed by atoms with van der Waals surface area (Å²) >= 11 is 0. The van der Waals surface area contributed by atoms with Gasteiger partial charge in [0.05, 0.1) is 0 Å². The molecule has 94 valence electrons. The number of anilines is 1. The van der Waals surface area contributed by atoms with Gasteiger partial charge in [-0.05, 0) is 18.8 Å². The zero-order valence-electron chi connectivity index (χ0n) is 10.8. The number of piperazine rings is 1. The van der Waals surface area contributed by atoms with Crippen molar-refractivity contribution < 1.29 is 0 Å². The average Bonchev–Trinajstić information content (AvgIpc) is 2.76. The molecule has 1 saturated carbocycles. The molecule has 0 spiro atoms. The van der Waals surface area contributed by atoms with E-state index in [0.29, 0.717) is 17.4 Å². The standard InChI is InChI=1S/C12H21N5/c1-8-7-17(5-4-13-8)11-14-10(15-16-11)9-6-12(9,2)3/h8-9,13H,4-7H2,1-3H3,(H,14,15,16)/t8-,9?/m1/s1. The minimum absolute atomic E-state index is 0.410. The van der Waals surface area contributed by atoms with Crippen LogP contribution in [0.3, 0.4) is 0 Å². The van der Waals surface area contributed by atoms with Crippen LogP contribution in [0.15, 0.2) is 0 Å². The Morgan fingerprint density at radius 1 is 1.41 bits per heavy atom. The quantitative estimate of drug-likeness (QED) is 0.806. The van der Waals surface area contributed by atoms with E-state index in [1.54, 1.807) is 0 Å². The molecule has 2 aliphatic rings. The van der Waals surface area contributed by atoms with Crippen LogP contribution in [0.4, 0.5) is 5.95 Å². The van der Waals surface area contributed by atoms with E-state index in [1.807, 2.05) is 0 Å². The van der Waals surface area contributed by atoms with Crippen molar-refractivity contribution in [3.05, 3.63) is 5.82 Å². The van der Waals surface area contributed by atoms with Crippen LogP contribution in [0.1, 0.15) is 38.9 Å². The van der Waals surface area contributed by atoms with Gasteiger partial charge in [-0.1, -0.05) is 13.8 Å². The largest absolute Gasteiger partial charge is 0.337 e. The number of H-pyrrole nitrogens is 1. The molecule has 1 aliphatic heterocycles. The first-order chi connectivity index (χ1) is 8.06. The highest BCUT2D eigenvalue weighted by molar-refractivity contribution is 5.32. The lowest BCUT2D eigenvalue weighted by Crippen LogP contribution is -2.49. The lowest BCUT2D eigenvalue weighted by molar-refractivity contribution is 0.479. The average molecular weight is 235 g/mol. The predicted octanol–water partition coefficient (Wildman–Crippen LogP) is 1.12. The van der Waals surface area contributed by atoms with E-state index in [-0.39, 0.29) is 0 Å². The number of aromatic nitrogens is 3. The van der Waals surface area contributed by atoms with Crippen LogP contribution in [-0.2, 0) is 0 Å². The van der Waals surface area contributed by atoms with Gasteiger partial charge in [-0.3, -0.25) is 5.10 Å². The number of nitrogens with one attached hydrogen (secondary N) is 2. The van der Waals surface area contributed by atoms with Crippen molar-refractivity contribution in [1.29, 1.82) is 0 Å². The molecule has 1 unspecified atom stereocenters. The van der Waals surface area contributed by atoms with Gasteiger partial charge in [0.25, 0.3) is 0 Å². The summed E-state index contributed by atoms with van der Waals surface area (Å²) in [5.74, 6) is 2.51. The maximum atomic E-state index is 4.66. The molecule has 5 heteroatoms. The molecular formula is C12H21N5. The Labute approximate surface area is 102 Å². The van der Waals surface area contributed by atoms with Crippen molar-refractivity contribution >= 4 is 5.95 Å². The van der Waals surface area contributed by atoms with Crippen molar-refractivity contribution in [3.63, 3.8) is 0 Å². The summed E-state index contributed by atoms with van der Waals surface area (Å²) in [4.78, 5) is 6.92. The van der Waals surface area contributed by atoms with Gasteiger partial charge >= 0.3 is 0 Å². The summed E-state index contributed by atoms with van der Waals surface area (Å²) in [6.45, 7) is 9.77. The number of hydrogen-bond acceptors (Lipinski definition) is 4. The van der Waals surface area contributed by atoms with Crippen molar-refractivity contribution in [3.8, 4) is 0 Å². The Morgan fingerprint density at radius 3 is 2.82 bits per heavy atom. The van der Waals surface area contributed by atoms with Gasteiger partial charge in [0.15, 0.2) is 0 Å². The Kier molecular flexibility index (Phi) is 2.40. The van der Waals surface area contributed by atoms with Crippen molar-refractivity contribution in [2.24, 2.45) is 5.41 Å². The fraction of sp³-hybridized carbons (Fsp3) is 0.833. The lowest BCUT2D eigenvalue weighted by atomic mass is 10.1. The van der Waals surface area contributed by atoms with E-state index in [2.05, 4.69) is 46.2 Å². The molecule has 1 saturated heterocycles. The molecule has 0 bridgehead atoms. The van der Waals surface area contributed by atoms with Gasteiger partial charge in [-0.2, -0.15) is 4.98 Å². The molecule has 1 aromatic heterocycles. The smallest absolute Gasteiger partial charge is 0.244 e. The maximum absolute atomic E-state index is 4.66. The first-order valence-corrected chi connectivity index (χ1v) is 6.47. The normalized spacial score (nSPS) is 31.6. The summed E-state index contributed by atoms with van der Waals surface area (Å²) < 4.78 is 0. The zero-order chi connectivity index (χ0) is 12.0. The van der Waals surface area contributed by atoms with Gasteiger partial charge in [0, 0.05) is 31.6 Å². The van der Waals surface area contributed by atoms with Crippen molar-refractivity contribution in [2.75, 3.05) is 24.5 Å². The van der Waals surface area contributed by atoms with Gasteiger partial charge in [-0.25, -0.2) is 0 Å². The molecule has 5 nitrogen and oxygen atoms in total. The molecule has 2 atom stereocenters. The molecule has 1 aromatic rings. The molecule has 0 aromatic carbocycles. The molecule has 2 fully saturated rings. The fourth-order valence-electron chi connectivity index (χ4n) is 2.61. The van der Waals surface area contributed by atoms with Crippen LogP contribution in [0.2, 0.25) is 0 Å². The molecule has 2 heterocycles. The molecule has 3 rings (SSSR count). The second-order valence-electron chi connectivity index (χ2n) is 6.07. The number of rotatable bonds is 2. The molecule has 1 aliphatic carbocycles. The molecule has 17 heavy (non-hydrogen) atoms. The fourth-order valence-corrected chi connectivity index (χ4v) is 2.61. The van der Waals surface area contributed by atoms with Gasteiger partial charge in [0.1, 0.15) is 5.82 Å². The third kappa shape index (κ3) is 2.04. The van der Waals surface area contributed by atoms with Crippen LogP contribution >= 0.6 is 0 Å². The second kappa shape index (κ2) is 3.70. The first-order valence-electron chi connectivity index (χ1n) is 6.47. The van der Waals surface area contributed by atoms with E-state index in [1.165, 1.54) is 6.42 Å². The number of aromatic amines is 1. The van der Waals surface area contributed by atoms with E-state index >= 15 is 0 Å². The first kappa shape index (κ1) is 11.0. The SMILES string of the molecule is C[C@@H]1CN(c2n[nH]c(C3CC3(C)C)n2)CCN1. The molecule has 0 amide bonds. The minimum atomic E-state index is 0.410. The summed E-state index contributed by atoms with van der Waals surface area (Å²) in [7, 11) is 0. The maximum Gasteiger partial charge on any atom is 0.244 e. The Bertz CT molecular complexity index is 411. The minimum Gasteiger partial charge on any atom is -0.337 e. The summed E-state index contributed by atoms with van der Waals surface area (Å²) in [6.07, 6.45) is 1.22. The highest BCUT2D eigenvalue weighted by Gasteiger charge is 2.48. The van der Waals surface area contributed by atoms with E-state index in [9.17, 15) is 0 Å². The zero-order valence-corrected chi connectivity index (χ0v) is 10.8. The third-order valence-corrected chi connectivity index (χ3v) is 3.99. The molecule has 2 N–H and O–H groups in total. The predicted molar refractivity (Wildman–Crippen MR) is 67.2 cm³/mol. The Hall–Kier alpha value is -1.10. The highest BCUT2D eigenvalue weighted by Crippen LogP contribution is 2.57. The third-order valence-electron chi connectivity index (χ3n) is 3.99. The van der Waals surface area contributed by atoms with Gasteiger partial charge < -0.3 is 10.2 Å². The summed E-state index contributed by atoms with van der Waals surface area (Å²) in [6, 6.07) is 0.517. The van der Waals surface area contributed by atoms with Crippen molar-refractivity contribution in [1.82, 2.24) is 20.5 Å². The van der Waals surface area contributed by atoms with Crippen LogP contribution in [-0.4, -0.2) is 40.9 Å². The van der Waals surface area contributed by atoms with Crippen molar-refractivity contribution in [2.45, 2.75) is 39.2 Å². The van der Waals surface area contributed by atoms with Crippen LogP contribution in [0, 0.1) is 5.41 Å². The van der Waals surface area contributed by atoms with E-state index < -0.39 is 0 Å². The lowest BCUT2D eigenvalue weighted by Gasteiger charge is -2.30. The molecule has 0 radical (unpaired) electrons. The van der Waals surface area contributed by atoms with E-state index in [4.69, 9.17) is 0 Å². The second-order valence-corrected chi connectivity index (χ2v) is 6.07. The number of nitrogens with zero attached hydrogens (tertiary/aromatic N) is 3. The monoisotopic (exact) mass is 235 g/mol. The van der Waals surface area contributed by atoms with Gasteiger partial charge in [-0.15, -0.1) is 5.10 Å². The Morgan fingerprint density at radius 2 is 2.18 bits per heavy atom. The van der Waals surface area contributed by atoms with E-state index in [0.717, 1.165) is 31.4 Å². The van der Waals surface area contributed by atoms with Crippen LogP contribution in [0.5, 0.6) is 0 Å². The summed E-state index contributed by atoms with van der Waals surface area (Å²) in [5, 5.41) is 10.9.